The first kappa shape index (κ1) is 16.5. The summed E-state index contributed by atoms with van der Waals surface area (Å²) in [5.74, 6) is 0.427. The first-order valence-corrected chi connectivity index (χ1v) is 8.47. The van der Waals surface area contributed by atoms with Crippen LogP contribution < -0.4 is 10.5 Å². The van der Waals surface area contributed by atoms with Crippen LogP contribution in [0, 0.1) is 11.3 Å². The molecule has 0 fully saturated rings. The van der Waals surface area contributed by atoms with Gasteiger partial charge in [-0.3, -0.25) is 0 Å². The monoisotopic (exact) mass is 356 g/mol. The van der Waals surface area contributed by atoms with Crippen molar-refractivity contribution < 1.29 is 4.74 Å². The summed E-state index contributed by atoms with van der Waals surface area (Å²) < 4.78 is 7.19. The number of aromatic nitrogens is 4. The fourth-order valence-electron chi connectivity index (χ4n) is 3.05. The number of rotatable bonds is 4. The van der Waals surface area contributed by atoms with Gasteiger partial charge in [0.25, 0.3) is 0 Å². The Kier molecular flexibility index (Phi) is 4.15. The number of fused-ring (bicyclic) bond motifs is 1. The second-order valence-corrected chi connectivity index (χ2v) is 5.80. The molecule has 0 bridgehead atoms. The Labute approximate surface area is 155 Å². The van der Waals surface area contributed by atoms with Crippen LogP contribution in [0.4, 0.5) is 5.82 Å². The zero-order valence-corrected chi connectivity index (χ0v) is 14.6. The van der Waals surface area contributed by atoms with Crippen molar-refractivity contribution in [3.05, 3.63) is 60.2 Å². The van der Waals surface area contributed by atoms with Crippen molar-refractivity contribution in [2.45, 2.75) is 6.92 Å². The number of ether oxygens (including phenoxy) is 1. The smallest absolute Gasteiger partial charge is 0.234 e. The first-order valence-electron chi connectivity index (χ1n) is 8.47. The Morgan fingerprint density at radius 3 is 2.59 bits per heavy atom. The van der Waals surface area contributed by atoms with E-state index < -0.39 is 0 Å². The lowest BCUT2D eigenvalue weighted by atomic mass is 9.99. The number of anilines is 1. The van der Waals surface area contributed by atoms with Gasteiger partial charge in [-0.05, 0) is 24.6 Å². The van der Waals surface area contributed by atoms with Crippen molar-refractivity contribution in [1.29, 1.82) is 5.26 Å². The van der Waals surface area contributed by atoms with Crippen LogP contribution in [0.3, 0.4) is 0 Å². The second kappa shape index (κ2) is 6.77. The highest BCUT2D eigenvalue weighted by molar-refractivity contribution is 5.88. The van der Waals surface area contributed by atoms with Crippen molar-refractivity contribution in [2.24, 2.45) is 0 Å². The van der Waals surface area contributed by atoms with Crippen molar-refractivity contribution in [3.8, 4) is 28.8 Å². The molecule has 0 spiro atoms. The quantitative estimate of drug-likeness (QED) is 0.601. The fraction of sp³-hybridized carbons (Fsp3) is 0.100. The number of nitrogen functional groups attached to an aromatic ring is 1. The normalized spacial score (nSPS) is 10.7. The van der Waals surface area contributed by atoms with E-state index in [0.29, 0.717) is 23.4 Å². The molecule has 4 rings (SSSR count). The van der Waals surface area contributed by atoms with Gasteiger partial charge in [0.05, 0.1) is 12.1 Å². The van der Waals surface area contributed by atoms with E-state index in [1.54, 1.807) is 4.68 Å². The van der Waals surface area contributed by atoms with Gasteiger partial charge in [-0.15, -0.1) is 5.10 Å². The van der Waals surface area contributed by atoms with Crippen LogP contribution in [0.25, 0.3) is 27.8 Å². The molecule has 0 saturated carbocycles. The predicted octanol–water partition coefficient (Wildman–Crippen LogP) is 3.34. The number of hydrogen-bond donors (Lipinski definition) is 1. The van der Waals surface area contributed by atoms with Crippen molar-refractivity contribution in [3.63, 3.8) is 0 Å². The van der Waals surface area contributed by atoms with Gasteiger partial charge in [-0.25, -0.2) is 4.68 Å². The fourth-order valence-corrected chi connectivity index (χ4v) is 3.05. The first-order chi connectivity index (χ1) is 13.2. The highest BCUT2D eigenvalue weighted by atomic mass is 16.5. The summed E-state index contributed by atoms with van der Waals surface area (Å²) in [5, 5.41) is 18.3. The van der Waals surface area contributed by atoms with E-state index in [1.165, 1.54) is 0 Å². The maximum atomic E-state index is 9.86. The maximum Gasteiger partial charge on any atom is 0.234 e. The SMILES string of the molecule is CCOc1nc(N)c(-n2nnc3ccccc32)c(-c2ccccc2)c1C#N. The van der Waals surface area contributed by atoms with Crippen molar-refractivity contribution in [1.82, 2.24) is 20.0 Å². The van der Waals surface area contributed by atoms with Gasteiger partial charge in [-0.1, -0.05) is 47.7 Å². The Morgan fingerprint density at radius 2 is 1.85 bits per heavy atom. The van der Waals surface area contributed by atoms with Crippen LogP contribution in [0.5, 0.6) is 5.88 Å². The Hall–Kier alpha value is -3.92. The number of nitriles is 1. The van der Waals surface area contributed by atoms with Gasteiger partial charge in [0.15, 0.2) is 5.82 Å². The van der Waals surface area contributed by atoms with E-state index in [2.05, 4.69) is 21.4 Å². The molecule has 7 nitrogen and oxygen atoms in total. The van der Waals surface area contributed by atoms with E-state index in [9.17, 15) is 5.26 Å². The summed E-state index contributed by atoms with van der Waals surface area (Å²) in [6, 6.07) is 19.3. The van der Waals surface area contributed by atoms with Gasteiger partial charge in [0, 0.05) is 5.56 Å². The molecule has 4 aromatic rings. The summed E-state index contributed by atoms with van der Waals surface area (Å²) in [4.78, 5) is 4.33. The van der Waals surface area contributed by atoms with Gasteiger partial charge < -0.3 is 10.5 Å². The zero-order valence-electron chi connectivity index (χ0n) is 14.6. The Balaban J connectivity index is 2.12. The lowest BCUT2D eigenvalue weighted by Crippen LogP contribution is -2.10. The molecule has 0 unspecified atom stereocenters. The highest BCUT2D eigenvalue weighted by Gasteiger charge is 2.24. The topological polar surface area (TPSA) is 103 Å². The number of nitrogens with two attached hydrogens (primary N) is 1. The van der Waals surface area contributed by atoms with E-state index in [4.69, 9.17) is 10.5 Å². The minimum absolute atomic E-state index is 0.213. The molecule has 2 heterocycles. The number of para-hydroxylation sites is 1. The lowest BCUT2D eigenvalue weighted by Gasteiger charge is -2.16. The largest absolute Gasteiger partial charge is 0.477 e. The summed E-state index contributed by atoms with van der Waals surface area (Å²) in [6.07, 6.45) is 0. The average Bonchev–Trinajstić information content (AvgIpc) is 3.12. The zero-order chi connectivity index (χ0) is 18.8. The highest BCUT2D eigenvalue weighted by Crippen LogP contribution is 2.38. The summed E-state index contributed by atoms with van der Waals surface area (Å²) in [7, 11) is 0. The van der Waals surface area contributed by atoms with Gasteiger partial charge in [0.2, 0.25) is 5.88 Å². The predicted molar refractivity (Wildman–Crippen MR) is 102 cm³/mol. The molecule has 0 aliphatic rings. The third-order valence-corrected chi connectivity index (χ3v) is 4.18. The molecular formula is C20H16N6O. The molecule has 2 aromatic carbocycles. The van der Waals surface area contributed by atoms with Gasteiger partial charge in [-0.2, -0.15) is 10.2 Å². The third-order valence-electron chi connectivity index (χ3n) is 4.18. The number of pyridine rings is 1. The van der Waals surface area contributed by atoms with E-state index in [1.807, 2.05) is 61.5 Å². The minimum atomic E-state index is 0.213. The van der Waals surface area contributed by atoms with Crippen LogP contribution in [0.15, 0.2) is 54.6 Å². The van der Waals surface area contributed by atoms with Crippen LogP contribution in [0.2, 0.25) is 0 Å². The molecular weight excluding hydrogens is 340 g/mol. The molecule has 0 saturated heterocycles. The molecule has 0 aliphatic heterocycles. The standard InChI is InChI=1S/C20H16N6O/c1-2-27-20-14(12-21)17(13-8-4-3-5-9-13)18(19(22)23-20)26-16-11-7-6-10-15(16)24-25-26/h3-11H,2H2,1H3,(H2,22,23). The summed E-state index contributed by atoms with van der Waals surface area (Å²) in [6.45, 7) is 2.21. The molecule has 2 N–H and O–H groups in total. The molecule has 0 amide bonds. The van der Waals surface area contributed by atoms with E-state index in [0.717, 1.165) is 16.6 Å². The molecule has 7 heteroatoms. The number of nitrogens with zero attached hydrogens (tertiary/aromatic N) is 5. The van der Waals surface area contributed by atoms with E-state index in [-0.39, 0.29) is 11.7 Å². The van der Waals surface area contributed by atoms with Crippen LogP contribution >= 0.6 is 0 Å². The summed E-state index contributed by atoms with van der Waals surface area (Å²) in [5.41, 5.74) is 10.1. The second-order valence-electron chi connectivity index (χ2n) is 5.80. The Morgan fingerprint density at radius 1 is 1.11 bits per heavy atom. The molecule has 27 heavy (non-hydrogen) atoms. The number of benzene rings is 2. The molecule has 2 aromatic heterocycles. The van der Waals surface area contributed by atoms with Gasteiger partial charge >= 0.3 is 0 Å². The van der Waals surface area contributed by atoms with Crippen LogP contribution in [-0.4, -0.2) is 26.6 Å². The molecule has 132 valence electrons. The maximum absolute atomic E-state index is 9.86. The van der Waals surface area contributed by atoms with Crippen LogP contribution in [-0.2, 0) is 0 Å². The Bertz CT molecular complexity index is 1160. The molecule has 0 aliphatic carbocycles. The third kappa shape index (κ3) is 2.73. The van der Waals surface area contributed by atoms with E-state index >= 15 is 0 Å². The molecule has 0 radical (unpaired) electrons. The average molecular weight is 356 g/mol. The van der Waals surface area contributed by atoms with Crippen molar-refractivity contribution in [2.75, 3.05) is 12.3 Å². The number of hydrogen-bond acceptors (Lipinski definition) is 6. The summed E-state index contributed by atoms with van der Waals surface area (Å²) >= 11 is 0. The molecule has 0 atom stereocenters. The minimum Gasteiger partial charge on any atom is -0.477 e. The lowest BCUT2D eigenvalue weighted by molar-refractivity contribution is 0.326. The van der Waals surface area contributed by atoms with Gasteiger partial charge in [0.1, 0.15) is 22.8 Å². The van der Waals surface area contributed by atoms with Crippen molar-refractivity contribution >= 4 is 16.9 Å². The van der Waals surface area contributed by atoms with Crippen LogP contribution in [0.1, 0.15) is 12.5 Å².